The first-order valence-corrected chi connectivity index (χ1v) is 6.72. The van der Waals surface area contributed by atoms with E-state index in [0.29, 0.717) is 11.4 Å². The third kappa shape index (κ3) is 3.51. The lowest BCUT2D eigenvalue weighted by molar-refractivity contribution is -0.144. The molecule has 2 aromatic rings. The Kier molecular flexibility index (Phi) is 4.46. The van der Waals surface area contributed by atoms with Gasteiger partial charge in [0.15, 0.2) is 6.04 Å². The zero-order valence-corrected chi connectivity index (χ0v) is 11.1. The predicted octanol–water partition coefficient (Wildman–Crippen LogP) is 3.00. The van der Waals surface area contributed by atoms with Crippen molar-refractivity contribution in [1.82, 2.24) is 4.98 Å². The highest BCUT2D eigenvalue weighted by Gasteiger charge is 2.23. The first-order chi connectivity index (χ1) is 9.20. The number of benzene rings is 1. The molecule has 1 aromatic heterocycles. The molecule has 6 heteroatoms. The number of rotatable bonds is 5. The normalized spacial score (nSPS) is 11.9. The Bertz CT molecular complexity index is 545. The van der Waals surface area contributed by atoms with Gasteiger partial charge in [0.25, 0.3) is 0 Å². The quantitative estimate of drug-likeness (QED) is 0.855. The summed E-state index contributed by atoms with van der Waals surface area (Å²) in [6.07, 6.45) is 0. The number of nitrogens with zero attached hydrogens (tertiary/aromatic N) is 1. The molecule has 1 atom stereocenters. The van der Waals surface area contributed by atoms with E-state index < -0.39 is 12.0 Å². The van der Waals surface area contributed by atoms with E-state index in [9.17, 15) is 9.18 Å². The van der Waals surface area contributed by atoms with Crippen LogP contribution in [0.25, 0.3) is 0 Å². The van der Waals surface area contributed by atoms with Gasteiger partial charge in [-0.25, -0.2) is 14.2 Å². The maximum absolute atomic E-state index is 13.1. The zero-order chi connectivity index (χ0) is 13.7. The SMILES string of the molecule is CCOC(=O)C(Nc1cccc(F)c1)c1cscn1. The molecule has 1 heterocycles. The number of hydrogen-bond acceptors (Lipinski definition) is 5. The highest BCUT2D eigenvalue weighted by atomic mass is 32.1. The van der Waals surface area contributed by atoms with E-state index in [1.165, 1.54) is 23.5 Å². The lowest BCUT2D eigenvalue weighted by atomic mass is 10.2. The van der Waals surface area contributed by atoms with Gasteiger partial charge in [-0.3, -0.25) is 0 Å². The molecule has 0 aliphatic carbocycles. The average Bonchev–Trinajstić information content (AvgIpc) is 2.90. The number of halogens is 1. The number of esters is 1. The molecule has 0 aliphatic heterocycles. The van der Waals surface area contributed by atoms with Crippen LogP contribution in [0, 0.1) is 5.82 Å². The molecule has 1 unspecified atom stereocenters. The minimum absolute atomic E-state index is 0.282. The van der Waals surface area contributed by atoms with Crippen LogP contribution in [-0.2, 0) is 9.53 Å². The van der Waals surface area contributed by atoms with E-state index in [2.05, 4.69) is 10.3 Å². The molecule has 4 nitrogen and oxygen atoms in total. The van der Waals surface area contributed by atoms with Gasteiger partial charge in [0, 0.05) is 11.1 Å². The summed E-state index contributed by atoms with van der Waals surface area (Å²) in [6.45, 7) is 2.02. The molecule has 0 amide bonds. The summed E-state index contributed by atoms with van der Waals surface area (Å²) in [6, 6.07) is 5.18. The first kappa shape index (κ1) is 13.5. The van der Waals surface area contributed by atoms with Crippen molar-refractivity contribution in [2.45, 2.75) is 13.0 Å². The van der Waals surface area contributed by atoms with Crippen molar-refractivity contribution < 1.29 is 13.9 Å². The van der Waals surface area contributed by atoms with Gasteiger partial charge in [0.05, 0.1) is 17.8 Å². The summed E-state index contributed by atoms with van der Waals surface area (Å²) in [7, 11) is 0. The Balaban J connectivity index is 2.21. The Morgan fingerprint density at radius 1 is 1.58 bits per heavy atom. The molecule has 0 radical (unpaired) electrons. The number of ether oxygens (including phenoxy) is 1. The summed E-state index contributed by atoms with van der Waals surface area (Å²) in [4.78, 5) is 16.0. The highest BCUT2D eigenvalue weighted by molar-refractivity contribution is 7.07. The average molecular weight is 280 g/mol. The maximum atomic E-state index is 13.1. The topological polar surface area (TPSA) is 51.2 Å². The molecule has 0 bridgehead atoms. The number of aromatic nitrogens is 1. The van der Waals surface area contributed by atoms with E-state index >= 15 is 0 Å². The number of anilines is 1. The van der Waals surface area contributed by atoms with Gasteiger partial charge in [-0.05, 0) is 25.1 Å². The van der Waals surface area contributed by atoms with Crippen molar-refractivity contribution in [2.24, 2.45) is 0 Å². The van der Waals surface area contributed by atoms with E-state index in [4.69, 9.17) is 4.74 Å². The third-order valence-corrected chi connectivity index (χ3v) is 3.01. The van der Waals surface area contributed by atoms with Crippen molar-refractivity contribution in [2.75, 3.05) is 11.9 Å². The number of carbonyl (C=O) groups is 1. The van der Waals surface area contributed by atoms with Gasteiger partial charge in [0.2, 0.25) is 0 Å². The summed E-state index contributed by atoms with van der Waals surface area (Å²) in [5.41, 5.74) is 2.70. The van der Waals surface area contributed by atoms with Crippen molar-refractivity contribution >= 4 is 23.0 Å². The summed E-state index contributed by atoms with van der Waals surface area (Å²) in [5.74, 6) is -0.802. The van der Waals surface area contributed by atoms with Crippen LogP contribution in [-0.4, -0.2) is 17.6 Å². The van der Waals surface area contributed by atoms with Gasteiger partial charge in [-0.1, -0.05) is 6.07 Å². The molecule has 19 heavy (non-hydrogen) atoms. The van der Waals surface area contributed by atoms with Crippen molar-refractivity contribution in [3.63, 3.8) is 0 Å². The predicted molar refractivity (Wildman–Crippen MR) is 71.5 cm³/mol. The molecule has 0 saturated carbocycles. The number of thiazole rings is 1. The minimum atomic E-state index is -0.729. The zero-order valence-electron chi connectivity index (χ0n) is 10.3. The Labute approximate surface area is 114 Å². The van der Waals surface area contributed by atoms with Crippen molar-refractivity contribution in [1.29, 1.82) is 0 Å². The molecular weight excluding hydrogens is 267 g/mol. The van der Waals surface area contributed by atoms with E-state index in [0.717, 1.165) is 0 Å². The fourth-order valence-corrected chi connectivity index (χ4v) is 2.17. The second kappa shape index (κ2) is 6.29. The molecule has 2 rings (SSSR count). The summed E-state index contributed by atoms with van der Waals surface area (Å²) >= 11 is 1.38. The number of carbonyl (C=O) groups excluding carboxylic acids is 1. The Morgan fingerprint density at radius 3 is 3.05 bits per heavy atom. The Hall–Kier alpha value is -1.95. The summed E-state index contributed by atoms with van der Waals surface area (Å²) in [5, 5.41) is 4.69. The molecule has 0 fully saturated rings. The smallest absolute Gasteiger partial charge is 0.334 e. The summed E-state index contributed by atoms with van der Waals surface area (Å²) < 4.78 is 18.1. The largest absolute Gasteiger partial charge is 0.464 e. The third-order valence-electron chi connectivity index (χ3n) is 2.41. The minimum Gasteiger partial charge on any atom is -0.464 e. The van der Waals surface area contributed by atoms with E-state index in [1.807, 2.05) is 0 Å². The van der Waals surface area contributed by atoms with Gasteiger partial charge < -0.3 is 10.1 Å². The maximum Gasteiger partial charge on any atom is 0.334 e. The molecule has 0 spiro atoms. The van der Waals surface area contributed by atoms with Crippen LogP contribution in [0.4, 0.5) is 10.1 Å². The fourth-order valence-electron chi connectivity index (χ4n) is 1.59. The highest BCUT2D eigenvalue weighted by Crippen LogP contribution is 2.21. The lowest BCUT2D eigenvalue weighted by Gasteiger charge is -2.16. The van der Waals surface area contributed by atoms with Crippen LogP contribution in [0.1, 0.15) is 18.7 Å². The van der Waals surface area contributed by atoms with Crippen LogP contribution >= 0.6 is 11.3 Å². The van der Waals surface area contributed by atoms with Gasteiger partial charge in [-0.15, -0.1) is 11.3 Å². The molecule has 100 valence electrons. The lowest BCUT2D eigenvalue weighted by Crippen LogP contribution is -2.23. The van der Waals surface area contributed by atoms with Crippen LogP contribution in [0.5, 0.6) is 0 Å². The van der Waals surface area contributed by atoms with Gasteiger partial charge in [0.1, 0.15) is 5.82 Å². The first-order valence-electron chi connectivity index (χ1n) is 5.77. The van der Waals surface area contributed by atoms with E-state index in [1.54, 1.807) is 29.9 Å². The number of nitrogens with one attached hydrogen (secondary N) is 1. The van der Waals surface area contributed by atoms with Crippen molar-refractivity contribution in [3.8, 4) is 0 Å². The number of hydrogen-bond donors (Lipinski definition) is 1. The monoisotopic (exact) mass is 280 g/mol. The van der Waals surface area contributed by atoms with Crippen LogP contribution in [0.2, 0.25) is 0 Å². The van der Waals surface area contributed by atoms with Crippen LogP contribution < -0.4 is 5.32 Å². The molecule has 0 saturated heterocycles. The van der Waals surface area contributed by atoms with Crippen LogP contribution in [0.15, 0.2) is 35.2 Å². The fraction of sp³-hybridized carbons (Fsp3) is 0.231. The van der Waals surface area contributed by atoms with Gasteiger partial charge in [-0.2, -0.15) is 0 Å². The molecule has 1 aromatic carbocycles. The van der Waals surface area contributed by atoms with Gasteiger partial charge >= 0.3 is 5.97 Å². The second-order valence-electron chi connectivity index (χ2n) is 3.75. The second-order valence-corrected chi connectivity index (χ2v) is 4.47. The van der Waals surface area contributed by atoms with Crippen LogP contribution in [0.3, 0.4) is 0 Å². The molecule has 0 aliphatic rings. The standard InChI is InChI=1S/C13H13FN2O2S/c1-2-18-13(17)12(11-7-19-8-15-11)16-10-5-3-4-9(14)6-10/h3-8,12,16H,2H2,1H3. The molecular formula is C13H13FN2O2S. The Morgan fingerprint density at radius 2 is 2.42 bits per heavy atom. The van der Waals surface area contributed by atoms with Crippen molar-refractivity contribution in [3.05, 3.63) is 46.7 Å². The van der Waals surface area contributed by atoms with E-state index in [-0.39, 0.29) is 12.4 Å². The molecule has 1 N–H and O–H groups in total.